The lowest BCUT2D eigenvalue weighted by Gasteiger charge is -2.22. The minimum absolute atomic E-state index is 0.0906. The lowest BCUT2D eigenvalue weighted by atomic mass is 10.1. The van der Waals surface area contributed by atoms with Crippen LogP contribution in [0.3, 0.4) is 0 Å². The summed E-state index contributed by atoms with van der Waals surface area (Å²) in [6, 6.07) is 7.81. The van der Waals surface area contributed by atoms with E-state index in [1.54, 1.807) is 7.11 Å². The fourth-order valence-electron chi connectivity index (χ4n) is 2.03. The number of methoxy groups -OCH3 is 2. The average molecular weight is 281 g/mol. The number of esters is 1. The van der Waals surface area contributed by atoms with Crippen LogP contribution < -0.4 is 4.74 Å². The maximum atomic E-state index is 11.1. The molecule has 0 aromatic heterocycles. The lowest BCUT2D eigenvalue weighted by molar-refractivity contribution is -0.140. The highest BCUT2D eigenvalue weighted by molar-refractivity contribution is 5.69. The topological polar surface area (TPSA) is 59.0 Å². The van der Waals surface area contributed by atoms with Crippen LogP contribution in [-0.4, -0.2) is 49.9 Å². The van der Waals surface area contributed by atoms with Gasteiger partial charge in [-0.3, -0.25) is 9.69 Å². The quantitative estimate of drug-likeness (QED) is 0.694. The summed E-state index contributed by atoms with van der Waals surface area (Å²) in [7, 11) is 3.04. The second-order valence-corrected chi connectivity index (χ2v) is 4.49. The van der Waals surface area contributed by atoms with Gasteiger partial charge in [0.05, 0.1) is 20.8 Å². The van der Waals surface area contributed by atoms with Crippen LogP contribution in [0.5, 0.6) is 5.75 Å². The van der Waals surface area contributed by atoms with Crippen molar-refractivity contribution in [3.05, 3.63) is 29.8 Å². The van der Waals surface area contributed by atoms with E-state index in [1.165, 1.54) is 7.11 Å². The van der Waals surface area contributed by atoms with Crippen molar-refractivity contribution in [1.29, 1.82) is 0 Å². The number of hydrogen-bond acceptors (Lipinski definition) is 5. The number of benzene rings is 1. The normalized spacial score (nSPS) is 10.6. The number of aliphatic hydroxyl groups is 1. The van der Waals surface area contributed by atoms with Crippen molar-refractivity contribution in [3.63, 3.8) is 0 Å². The number of para-hydroxylation sites is 1. The van der Waals surface area contributed by atoms with Crippen LogP contribution in [-0.2, 0) is 16.1 Å². The molecule has 0 amide bonds. The van der Waals surface area contributed by atoms with Gasteiger partial charge in [0.1, 0.15) is 5.75 Å². The van der Waals surface area contributed by atoms with Crippen molar-refractivity contribution in [2.45, 2.75) is 19.4 Å². The van der Waals surface area contributed by atoms with Crippen LogP contribution in [0, 0.1) is 0 Å². The molecule has 0 aliphatic heterocycles. The van der Waals surface area contributed by atoms with Gasteiger partial charge in [-0.2, -0.15) is 0 Å². The van der Waals surface area contributed by atoms with Crippen LogP contribution in [0.1, 0.15) is 18.4 Å². The van der Waals surface area contributed by atoms with E-state index >= 15 is 0 Å². The second kappa shape index (κ2) is 9.34. The SMILES string of the molecule is COC(=O)CCCN(CCO)Cc1ccccc1OC. The third-order valence-corrected chi connectivity index (χ3v) is 3.09. The smallest absolute Gasteiger partial charge is 0.305 e. The number of aliphatic hydroxyl groups excluding tert-OH is 1. The van der Waals surface area contributed by atoms with Crippen molar-refractivity contribution >= 4 is 5.97 Å². The maximum absolute atomic E-state index is 11.1. The molecule has 5 nitrogen and oxygen atoms in total. The molecule has 1 rings (SSSR count). The van der Waals surface area contributed by atoms with Gasteiger partial charge < -0.3 is 14.6 Å². The monoisotopic (exact) mass is 281 g/mol. The van der Waals surface area contributed by atoms with Crippen LogP contribution >= 0.6 is 0 Å². The van der Waals surface area contributed by atoms with E-state index in [2.05, 4.69) is 9.64 Å². The molecular formula is C15H23NO4. The van der Waals surface area contributed by atoms with E-state index in [-0.39, 0.29) is 12.6 Å². The minimum atomic E-state index is -0.203. The fourth-order valence-corrected chi connectivity index (χ4v) is 2.03. The van der Waals surface area contributed by atoms with Gasteiger partial charge in [0, 0.05) is 25.1 Å². The van der Waals surface area contributed by atoms with Gasteiger partial charge in [-0.05, 0) is 19.0 Å². The first-order valence-corrected chi connectivity index (χ1v) is 6.73. The molecule has 0 fully saturated rings. The molecule has 1 aromatic carbocycles. The summed E-state index contributed by atoms with van der Waals surface area (Å²) in [4.78, 5) is 13.2. The molecule has 0 aliphatic carbocycles. The Morgan fingerprint density at radius 3 is 2.65 bits per heavy atom. The Hall–Kier alpha value is -1.59. The van der Waals surface area contributed by atoms with Crippen molar-refractivity contribution in [3.8, 4) is 5.75 Å². The summed E-state index contributed by atoms with van der Waals surface area (Å²) < 4.78 is 9.94. The molecule has 1 aromatic rings. The van der Waals surface area contributed by atoms with Gasteiger partial charge in [0.15, 0.2) is 0 Å². The average Bonchev–Trinajstić information content (AvgIpc) is 2.47. The van der Waals surface area contributed by atoms with Gasteiger partial charge in [-0.1, -0.05) is 18.2 Å². The predicted molar refractivity (Wildman–Crippen MR) is 76.6 cm³/mol. The van der Waals surface area contributed by atoms with Gasteiger partial charge in [0.2, 0.25) is 0 Å². The van der Waals surface area contributed by atoms with E-state index in [4.69, 9.17) is 9.84 Å². The van der Waals surface area contributed by atoms with Crippen LogP contribution in [0.4, 0.5) is 0 Å². The summed E-state index contributed by atoms with van der Waals surface area (Å²) >= 11 is 0. The lowest BCUT2D eigenvalue weighted by Crippen LogP contribution is -2.28. The molecule has 0 heterocycles. The zero-order valence-corrected chi connectivity index (χ0v) is 12.2. The Morgan fingerprint density at radius 2 is 2.00 bits per heavy atom. The third-order valence-electron chi connectivity index (χ3n) is 3.09. The zero-order valence-electron chi connectivity index (χ0n) is 12.2. The molecule has 0 atom stereocenters. The summed E-state index contributed by atoms with van der Waals surface area (Å²) in [5.41, 5.74) is 1.07. The van der Waals surface area contributed by atoms with Crippen molar-refractivity contribution in [2.75, 3.05) is 33.9 Å². The van der Waals surface area contributed by atoms with Crippen LogP contribution in [0.2, 0.25) is 0 Å². The predicted octanol–water partition coefficient (Wildman–Crippen LogP) is 1.44. The second-order valence-electron chi connectivity index (χ2n) is 4.49. The Labute approximate surface area is 120 Å². The van der Waals surface area contributed by atoms with Crippen LogP contribution in [0.25, 0.3) is 0 Å². The number of ether oxygens (including phenoxy) is 2. The number of nitrogens with zero attached hydrogens (tertiary/aromatic N) is 1. The van der Waals surface area contributed by atoms with E-state index < -0.39 is 0 Å². The highest BCUT2D eigenvalue weighted by atomic mass is 16.5. The highest BCUT2D eigenvalue weighted by Crippen LogP contribution is 2.19. The molecule has 20 heavy (non-hydrogen) atoms. The van der Waals surface area contributed by atoms with Crippen LogP contribution in [0.15, 0.2) is 24.3 Å². The summed E-state index contributed by atoms with van der Waals surface area (Å²) in [5.74, 6) is 0.634. The molecule has 1 N–H and O–H groups in total. The first kappa shape index (κ1) is 16.5. The Balaban J connectivity index is 2.55. The first-order chi connectivity index (χ1) is 9.71. The summed E-state index contributed by atoms with van der Waals surface area (Å²) in [5, 5.41) is 9.13. The standard InChI is InChI=1S/C15H23NO4/c1-19-14-7-4-3-6-13(14)12-16(10-11-17)9-5-8-15(18)20-2/h3-4,6-7,17H,5,8-12H2,1-2H3. The maximum Gasteiger partial charge on any atom is 0.305 e. The number of hydrogen-bond donors (Lipinski definition) is 1. The largest absolute Gasteiger partial charge is 0.496 e. The van der Waals surface area contributed by atoms with Gasteiger partial charge in [-0.15, -0.1) is 0 Å². The fraction of sp³-hybridized carbons (Fsp3) is 0.533. The van der Waals surface area contributed by atoms with E-state index in [0.29, 0.717) is 25.9 Å². The number of rotatable bonds is 9. The summed E-state index contributed by atoms with van der Waals surface area (Å²) in [6.07, 6.45) is 1.10. The molecule has 112 valence electrons. The Bertz CT molecular complexity index is 409. The minimum Gasteiger partial charge on any atom is -0.496 e. The molecular weight excluding hydrogens is 258 g/mol. The van der Waals surface area contributed by atoms with Crippen molar-refractivity contribution in [2.24, 2.45) is 0 Å². The molecule has 0 spiro atoms. The van der Waals surface area contributed by atoms with E-state index in [1.807, 2.05) is 24.3 Å². The van der Waals surface area contributed by atoms with Crippen molar-refractivity contribution in [1.82, 2.24) is 4.90 Å². The molecule has 0 saturated carbocycles. The molecule has 0 unspecified atom stereocenters. The zero-order chi connectivity index (χ0) is 14.8. The van der Waals surface area contributed by atoms with E-state index in [9.17, 15) is 4.79 Å². The number of carbonyl (C=O) groups is 1. The summed E-state index contributed by atoms with van der Waals surface area (Å²) in [6.45, 7) is 2.08. The first-order valence-electron chi connectivity index (χ1n) is 6.73. The van der Waals surface area contributed by atoms with Gasteiger partial charge >= 0.3 is 5.97 Å². The molecule has 0 bridgehead atoms. The van der Waals surface area contributed by atoms with Gasteiger partial charge in [0.25, 0.3) is 0 Å². The highest BCUT2D eigenvalue weighted by Gasteiger charge is 2.10. The molecule has 0 aliphatic rings. The molecule has 5 heteroatoms. The molecule has 0 radical (unpaired) electrons. The Morgan fingerprint density at radius 1 is 1.25 bits per heavy atom. The third kappa shape index (κ3) is 5.59. The van der Waals surface area contributed by atoms with E-state index in [0.717, 1.165) is 17.9 Å². The number of carbonyl (C=O) groups excluding carboxylic acids is 1. The van der Waals surface area contributed by atoms with Crippen molar-refractivity contribution < 1.29 is 19.4 Å². The van der Waals surface area contributed by atoms with Gasteiger partial charge in [-0.25, -0.2) is 0 Å². The molecule has 0 saturated heterocycles. The Kier molecular flexibility index (Phi) is 7.69.